The van der Waals surface area contributed by atoms with Crippen molar-refractivity contribution in [3.8, 4) is 17.0 Å². The van der Waals surface area contributed by atoms with Gasteiger partial charge in [-0.15, -0.1) is 0 Å². The zero-order valence-electron chi connectivity index (χ0n) is 10.7. The molecule has 2 aromatic rings. The molecule has 0 aliphatic carbocycles. The molecule has 0 aliphatic heterocycles. The third-order valence-corrected chi connectivity index (χ3v) is 2.77. The molecule has 1 aromatic carbocycles. The number of hydrogen-bond acceptors (Lipinski definition) is 3. The van der Waals surface area contributed by atoms with Crippen LogP contribution in [-0.2, 0) is 11.8 Å². The summed E-state index contributed by atoms with van der Waals surface area (Å²) in [7, 11) is 1.78. The monoisotopic (exact) mass is 279 g/mol. The number of anilines is 1. The number of amides is 1. The van der Waals surface area contributed by atoms with Crippen LogP contribution in [-0.4, -0.2) is 22.8 Å². The highest BCUT2D eigenvalue weighted by Gasteiger charge is 2.15. The summed E-state index contributed by atoms with van der Waals surface area (Å²) in [5.41, 5.74) is 1.99. The van der Waals surface area contributed by atoms with Gasteiger partial charge < -0.3 is 10.1 Å². The maximum absolute atomic E-state index is 10.6. The fraction of sp³-hybridized carbons (Fsp3) is 0.231. The molecule has 0 bridgehead atoms. The lowest BCUT2D eigenvalue weighted by Gasteiger charge is -2.10. The zero-order chi connectivity index (χ0) is 13.8. The van der Waals surface area contributed by atoms with Gasteiger partial charge in [0.05, 0.1) is 12.3 Å². The van der Waals surface area contributed by atoms with Crippen molar-refractivity contribution in [2.45, 2.75) is 6.92 Å². The van der Waals surface area contributed by atoms with Crippen molar-refractivity contribution < 1.29 is 9.53 Å². The summed E-state index contributed by atoms with van der Waals surface area (Å²) in [6, 6.07) is 5.32. The molecule has 6 heteroatoms. The molecule has 2 rings (SSSR count). The standard InChI is InChI=1S/C13H14ClN3O2/c1-3-19-12-5-4-9(14)6-10(12)13-11(15-8-18)7-17(2)16-13/h4-8H,3H2,1-2H3,(H,15,18). The number of rotatable bonds is 5. The Kier molecular flexibility index (Phi) is 4.06. The summed E-state index contributed by atoms with van der Waals surface area (Å²) in [5.74, 6) is 0.680. The molecule has 1 N–H and O–H groups in total. The number of nitrogens with zero attached hydrogens (tertiary/aromatic N) is 2. The van der Waals surface area contributed by atoms with Gasteiger partial charge in [-0.25, -0.2) is 0 Å². The Bertz CT molecular complexity index is 596. The Morgan fingerprint density at radius 3 is 3.00 bits per heavy atom. The normalized spacial score (nSPS) is 10.3. The number of halogens is 1. The molecule has 1 heterocycles. The summed E-state index contributed by atoms with van der Waals surface area (Å²) in [5, 5.41) is 7.55. The van der Waals surface area contributed by atoms with Gasteiger partial charge in [0.15, 0.2) is 0 Å². The van der Waals surface area contributed by atoms with Crippen LogP contribution in [0.15, 0.2) is 24.4 Å². The minimum Gasteiger partial charge on any atom is -0.493 e. The minimum absolute atomic E-state index is 0.540. The van der Waals surface area contributed by atoms with E-state index < -0.39 is 0 Å². The van der Waals surface area contributed by atoms with E-state index in [1.807, 2.05) is 6.92 Å². The van der Waals surface area contributed by atoms with Crippen molar-refractivity contribution in [1.29, 1.82) is 0 Å². The molecule has 0 atom stereocenters. The van der Waals surface area contributed by atoms with Gasteiger partial charge in [0, 0.05) is 23.8 Å². The van der Waals surface area contributed by atoms with Crippen LogP contribution in [0.25, 0.3) is 11.3 Å². The first-order valence-corrected chi connectivity index (χ1v) is 6.20. The Morgan fingerprint density at radius 2 is 2.32 bits per heavy atom. The number of aromatic nitrogens is 2. The fourth-order valence-corrected chi connectivity index (χ4v) is 2.00. The summed E-state index contributed by atoms with van der Waals surface area (Å²) in [6.07, 6.45) is 2.34. The van der Waals surface area contributed by atoms with Gasteiger partial charge in [0.2, 0.25) is 6.41 Å². The average Bonchev–Trinajstić information content (AvgIpc) is 2.73. The van der Waals surface area contributed by atoms with E-state index in [0.717, 1.165) is 5.56 Å². The van der Waals surface area contributed by atoms with Crippen molar-refractivity contribution in [3.63, 3.8) is 0 Å². The highest BCUT2D eigenvalue weighted by Crippen LogP contribution is 2.35. The van der Waals surface area contributed by atoms with E-state index >= 15 is 0 Å². The van der Waals surface area contributed by atoms with Crippen molar-refractivity contribution in [2.24, 2.45) is 7.05 Å². The number of nitrogens with one attached hydrogen (secondary N) is 1. The smallest absolute Gasteiger partial charge is 0.211 e. The lowest BCUT2D eigenvalue weighted by atomic mass is 10.1. The van der Waals surface area contributed by atoms with E-state index in [1.165, 1.54) is 0 Å². The largest absolute Gasteiger partial charge is 0.493 e. The maximum atomic E-state index is 10.6. The van der Waals surface area contributed by atoms with E-state index in [-0.39, 0.29) is 0 Å². The van der Waals surface area contributed by atoms with Crippen molar-refractivity contribution in [1.82, 2.24) is 9.78 Å². The van der Waals surface area contributed by atoms with E-state index in [9.17, 15) is 4.79 Å². The first-order chi connectivity index (χ1) is 9.15. The van der Waals surface area contributed by atoms with E-state index in [4.69, 9.17) is 16.3 Å². The van der Waals surface area contributed by atoms with E-state index in [2.05, 4.69) is 10.4 Å². The maximum Gasteiger partial charge on any atom is 0.211 e. The minimum atomic E-state index is 0.540. The van der Waals surface area contributed by atoms with Crippen LogP contribution in [0, 0.1) is 0 Å². The van der Waals surface area contributed by atoms with Crippen molar-refractivity contribution in [3.05, 3.63) is 29.4 Å². The fourth-order valence-electron chi connectivity index (χ4n) is 1.83. The zero-order valence-corrected chi connectivity index (χ0v) is 11.4. The molecule has 5 nitrogen and oxygen atoms in total. The number of benzene rings is 1. The molecule has 0 aliphatic rings. The molecule has 0 fully saturated rings. The van der Waals surface area contributed by atoms with Crippen molar-refractivity contribution in [2.75, 3.05) is 11.9 Å². The van der Waals surface area contributed by atoms with E-state index in [0.29, 0.717) is 35.2 Å². The number of aryl methyl sites for hydroxylation is 1. The summed E-state index contributed by atoms with van der Waals surface area (Å²) in [6.45, 7) is 2.44. The molecule has 1 amide bonds. The van der Waals surface area contributed by atoms with Gasteiger partial charge >= 0.3 is 0 Å². The number of carbonyl (C=O) groups excluding carboxylic acids is 1. The molecule has 0 unspecified atom stereocenters. The summed E-state index contributed by atoms with van der Waals surface area (Å²) >= 11 is 6.02. The third-order valence-electron chi connectivity index (χ3n) is 2.54. The summed E-state index contributed by atoms with van der Waals surface area (Å²) in [4.78, 5) is 10.6. The highest BCUT2D eigenvalue weighted by molar-refractivity contribution is 6.31. The predicted molar refractivity (Wildman–Crippen MR) is 74.5 cm³/mol. The van der Waals surface area contributed by atoms with Crippen LogP contribution in [0.1, 0.15) is 6.92 Å². The first-order valence-electron chi connectivity index (χ1n) is 5.82. The Morgan fingerprint density at radius 1 is 1.53 bits per heavy atom. The lowest BCUT2D eigenvalue weighted by Crippen LogP contribution is -1.98. The van der Waals surface area contributed by atoms with E-state index in [1.54, 1.807) is 36.1 Å². The molecule has 19 heavy (non-hydrogen) atoms. The number of carbonyl (C=O) groups is 1. The van der Waals surface area contributed by atoms with Gasteiger partial charge in [0.1, 0.15) is 11.4 Å². The van der Waals surface area contributed by atoms with Gasteiger partial charge in [-0.3, -0.25) is 9.48 Å². The molecular formula is C13H14ClN3O2. The molecule has 0 radical (unpaired) electrons. The Hall–Kier alpha value is -2.01. The third kappa shape index (κ3) is 2.88. The first kappa shape index (κ1) is 13.4. The van der Waals surface area contributed by atoms with Gasteiger partial charge in [-0.2, -0.15) is 5.10 Å². The van der Waals surface area contributed by atoms with Crippen LogP contribution in [0.3, 0.4) is 0 Å². The van der Waals surface area contributed by atoms with Gasteiger partial charge in [-0.05, 0) is 25.1 Å². The molecule has 0 spiro atoms. The van der Waals surface area contributed by atoms with Crippen molar-refractivity contribution >= 4 is 23.7 Å². The molecule has 1 aromatic heterocycles. The predicted octanol–water partition coefficient (Wildman–Crippen LogP) is 2.71. The quantitative estimate of drug-likeness (QED) is 0.856. The van der Waals surface area contributed by atoms with Crippen LogP contribution in [0.5, 0.6) is 5.75 Å². The molecule has 0 saturated heterocycles. The van der Waals surface area contributed by atoms with Crippen LogP contribution in [0.2, 0.25) is 5.02 Å². The second-order valence-electron chi connectivity index (χ2n) is 3.90. The SMILES string of the molecule is CCOc1ccc(Cl)cc1-c1nn(C)cc1NC=O. The van der Waals surface area contributed by atoms with Gasteiger partial charge in [0.25, 0.3) is 0 Å². The number of hydrogen-bond donors (Lipinski definition) is 1. The Labute approximate surface area is 116 Å². The Balaban J connectivity index is 2.56. The average molecular weight is 280 g/mol. The molecule has 100 valence electrons. The van der Waals surface area contributed by atoms with Gasteiger partial charge in [-0.1, -0.05) is 11.6 Å². The van der Waals surface area contributed by atoms with Crippen LogP contribution in [0.4, 0.5) is 5.69 Å². The molecule has 0 saturated carbocycles. The summed E-state index contributed by atoms with van der Waals surface area (Å²) < 4.78 is 7.19. The van der Waals surface area contributed by atoms with Crippen LogP contribution < -0.4 is 10.1 Å². The number of ether oxygens (including phenoxy) is 1. The highest BCUT2D eigenvalue weighted by atomic mass is 35.5. The topological polar surface area (TPSA) is 56.1 Å². The second-order valence-corrected chi connectivity index (χ2v) is 4.34. The second kappa shape index (κ2) is 5.75. The van der Waals surface area contributed by atoms with Crippen LogP contribution >= 0.6 is 11.6 Å². The lowest BCUT2D eigenvalue weighted by molar-refractivity contribution is -0.105. The molecular weight excluding hydrogens is 266 g/mol.